The molecule has 0 fully saturated rings. The van der Waals surface area contributed by atoms with Crippen molar-refractivity contribution in [3.63, 3.8) is 0 Å². The highest BCUT2D eigenvalue weighted by molar-refractivity contribution is 7.10. The Morgan fingerprint density at radius 1 is 0.935 bits per heavy atom. The average molecular weight is 456 g/mol. The summed E-state index contributed by atoms with van der Waals surface area (Å²) in [5.74, 6) is -0.0369. The van der Waals surface area contributed by atoms with Crippen molar-refractivity contribution in [1.82, 2.24) is 15.5 Å². The average Bonchev–Trinajstić information content (AvgIpc) is 3.49. The van der Waals surface area contributed by atoms with Crippen LogP contribution in [0, 0.1) is 0 Å². The van der Waals surface area contributed by atoms with Gasteiger partial charge in [0.1, 0.15) is 6.04 Å². The van der Waals surface area contributed by atoms with E-state index in [0.717, 1.165) is 28.2 Å². The molecule has 2 N–H and O–H groups in total. The molecule has 3 amide bonds. The van der Waals surface area contributed by atoms with Crippen LogP contribution in [0.5, 0.6) is 0 Å². The predicted octanol–water partition coefficient (Wildman–Crippen LogP) is 5.40. The molecule has 3 aromatic rings. The zero-order valence-electron chi connectivity index (χ0n) is 17.8. The Labute approximate surface area is 192 Å². The molecule has 0 unspecified atom stereocenters. The molecular weight excluding hydrogens is 426 g/mol. The lowest BCUT2D eigenvalue weighted by Crippen LogP contribution is -2.50. The third-order valence-electron chi connectivity index (χ3n) is 4.91. The Hall–Kier alpha value is -2.64. The van der Waals surface area contributed by atoms with Gasteiger partial charge in [-0.2, -0.15) is 0 Å². The van der Waals surface area contributed by atoms with E-state index in [1.165, 1.54) is 0 Å². The van der Waals surface area contributed by atoms with Gasteiger partial charge in [0.2, 0.25) is 5.91 Å². The molecular formula is C24H29N3O2S2. The van der Waals surface area contributed by atoms with Crippen LogP contribution >= 0.6 is 22.7 Å². The van der Waals surface area contributed by atoms with Crippen LogP contribution in [0.1, 0.15) is 41.5 Å². The number of unbranched alkanes of at least 4 members (excludes halogenated alkanes) is 1. The van der Waals surface area contributed by atoms with Gasteiger partial charge in [-0.1, -0.05) is 62.2 Å². The second-order valence-electron chi connectivity index (χ2n) is 7.36. The van der Waals surface area contributed by atoms with E-state index in [2.05, 4.69) is 17.6 Å². The second kappa shape index (κ2) is 12.3. The molecule has 1 aromatic carbocycles. The van der Waals surface area contributed by atoms with Crippen LogP contribution in [0.15, 0.2) is 65.4 Å². The molecule has 0 aliphatic heterocycles. The third-order valence-corrected chi connectivity index (χ3v) is 6.63. The molecule has 1 atom stereocenters. The van der Waals surface area contributed by atoms with Crippen molar-refractivity contribution in [2.45, 2.75) is 51.9 Å². The summed E-state index contributed by atoms with van der Waals surface area (Å²) in [4.78, 5) is 30.2. The maximum absolute atomic E-state index is 13.5. The van der Waals surface area contributed by atoms with Crippen LogP contribution < -0.4 is 10.6 Å². The lowest BCUT2D eigenvalue weighted by molar-refractivity contribution is -0.134. The van der Waals surface area contributed by atoms with Crippen LogP contribution in [0.4, 0.5) is 4.79 Å². The van der Waals surface area contributed by atoms with Gasteiger partial charge in [0.15, 0.2) is 0 Å². The third kappa shape index (κ3) is 7.52. The Morgan fingerprint density at radius 2 is 1.58 bits per heavy atom. The van der Waals surface area contributed by atoms with Gasteiger partial charge in [-0.25, -0.2) is 4.79 Å². The number of amides is 3. The quantitative estimate of drug-likeness (QED) is 0.407. The lowest BCUT2D eigenvalue weighted by Gasteiger charge is -2.27. The summed E-state index contributed by atoms with van der Waals surface area (Å²) in [6, 6.07) is 17.0. The molecule has 2 heterocycles. The number of urea groups is 1. The standard InChI is InChI=1S/C24H29N3O2S2/c1-2-3-13-22(26-24(29)25-16-19-9-5-4-6-10-19)23(28)27(17-20-11-7-14-30-20)18-21-12-8-15-31-21/h4-12,14-15,22H,2-3,13,16-18H2,1H3,(H2,25,26,29)/t22-/m0/s1. The van der Waals surface area contributed by atoms with Crippen LogP contribution in [0.2, 0.25) is 0 Å². The highest BCUT2D eigenvalue weighted by Gasteiger charge is 2.26. The van der Waals surface area contributed by atoms with E-state index in [1.807, 2.05) is 70.3 Å². The van der Waals surface area contributed by atoms with Gasteiger partial charge < -0.3 is 15.5 Å². The lowest BCUT2D eigenvalue weighted by atomic mass is 10.1. The van der Waals surface area contributed by atoms with E-state index >= 15 is 0 Å². The second-order valence-corrected chi connectivity index (χ2v) is 9.42. The van der Waals surface area contributed by atoms with Gasteiger partial charge in [-0.15, -0.1) is 22.7 Å². The molecule has 5 nitrogen and oxygen atoms in total. The smallest absolute Gasteiger partial charge is 0.315 e. The number of hydrogen-bond acceptors (Lipinski definition) is 4. The van der Waals surface area contributed by atoms with E-state index in [4.69, 9.17) is 0 Å². The molecule has 31 heavy (non-hydrogen) atoms. The zero-order valence-corrected chi connectivity index (χ0v) is 19.4. The van der Waals surface area contributed by atoms with Crippen molar-refractivity contribution in [3.05, 3.63) is 80.7 Å². The van der Waals surface area contributed by atoms with Gasteiger partial charge in [0.05, 0.1) is 13.1 Å². The van der Waals surface area contributed by atoms with E-state index in [0.29, 0.717) is 26.1 Å². The molecule has 0 bridgehead atoms. The normalized spacial score (nSPS) is 11.6. The number of carbonyl (C=O) groups is 2. The fourth-order valence-corrected chi connectivity index (χ4v) is 4.71. The first-order valence-electron chi connectivity index (χ1n) is 10.6. The van der Waals surface area contributed by atoms with Gasteiger partial charge in [0, 0.05) is 16.3 Å². The predicted molar refractivity (Wildman–Crippen MR) is 128 cm³/mol. The van der Waals surface area contributed by atoms with Crippen molar-refractivity contribution in [1.29, 1.82) is 0 Å². The fraction of sp³-hybridized carbons (Fsp3) is 0.333. The summed E-state index contributed by atoms with van der Waals surface area (Å²) >= 11 is 3.28. The highest BCUT2D eigenvalue weighted by atomic mass is 32.1. The van der Waals surface area contributed by atoms with Gasteiger partial charge in [-0.05, 0) is 34.9 Å². The summed E-state index contributed by atoms with van der Waals surface area (Å²) in [5.41, 5.74) is 1.02. The van der Waals surface area contributed by atoms with E-state index < -0.39 is 6.04 Å². The van der Waals surface area contributed by atoms with Crippen molar-refractivity contribution in [3.8, 4) is 0 Å². The van der Waals surface area contributed by atoms with Crippen molar-refractivity contribution >= 4 is 34.6 Å². The molecule has 0 aliphatic rings. The Morgan fingerprint density at radius 3 is 2.13 bits per heavy atom. The number of nitrogens with one attached hydrogen (secondary N) is 2. The first-order valence-corrected chi connectivity index (χ1v) is 12.3. The molecule has 0 saturated carbocycles. The van der Waals surface area contributed by atoms with Gasteiger partial charge in [-0.3, -0.25) is 4.79 Å². The number of nitrogens with zero attached hydrogens (tertiary/aromatic N) is 1. The van der Waals surface area contributed by atoms with Crippen LogP contribution in [-0.4, -0.2) is 22.9 Å². The topological polar surface area (TPSA) is 61.4 Å². The summed E-state index contributed by atoms with van der Waals surface area (Å²) in [5, 5.41) is 9.84. The summed E-state index contributed by atoms with van der Waals surface area (Å²) in [6.07, 6.45) is 2.47. The summed E-state index contributed by atoms with van der Waals surface area (Å²) in [6.45, 7) is 3.61. The molecule has 164 valence electrons. The van der Waals surface area contributed by atoms with Crippen molar-refractivity contribution in [2.24, 2.45) is 0 Å². The maximum Gasteiger partial charge on any atom is 0.315 e. The SMILES string of the molecule is CCCC[C@H](NC(=O)NCc1ccccc1)C(=O)N(Cc1cccs1)Cc1cccs1. The molecule has 0 radical (unpaired) electrons. The minimum Gasteiger partial charge on any atom is -0.334 e. The van der Waals surface area contributed by atoms with Crippen LogP contribution in [0.3, 0.4) is 0 Å². The Kier molecular flexibility index (Phi) is 9.12. The van der Waals surface area contributed by atoms with Crippen molar-refractivity contribution < 1.29 is 9.59 Å². The Balaban J connectivity index is 1.67. The molecule has 0 aliphatic carbocycles. The number of rotatable bonds is 11. The molecule has 3 rings (SSSR count). The van der Waals surface area contributed by atoms with Crippen molar-refractivity contribution in [2.75, 3.05) is 0 Å². The minimum atomic E-state index is -0.546. The van der Waals surface area contributed by atoms with Gasteiger partial charge in [0.25, 0.3) is 0 Å². The summed E-state index contributed by atoms with van der Waals surface area (Å²) in [7, 11) is 0. The number of benzene rings is 1. The van der Waals surface area contributed by atoms with Crippen LogP contribution in [0.25, 0.3) is 0 Å². The highest BCUT2D eigenvalue weighted by Crippen LogP contribution is 2.19. The first-order chi connectivity index (χ1) is 15.2. The van der Waals surface area contributed by atoms with Crippen LogP contribution in [-0.2, 0) is 24.4 Å². The molecule has 2 aromatic heterocycles. The zero-order chi connectivity index (χ0) is 21.9. The molecule has 0 saturated heterocycles. The minimum absolute atomic E-state index is 0.0369. The van der Waals surface area contributed by atoms with Gasteiger partial charge >= 0.3 is 6.03 Å². The molecule has 0 spiro atoms. The fourth-order valence-electron chi connectivity index (χ4n) is 3.27. The molecule has 7 heteroatoms. The Bertz CT molecular complexity index is 875. The number of carbonyl (C=O) groups excluding carboxylic acids is 2. The number of hydrogen-bond donors (Lipinski definition) is 2. The van der Waals surface area contributed by atoms with E-state index in [9.17, 15) is 9.59 Å². The van der Waals surface area contributed by atoms with E-state index in [1.54, 1.807) is 22.7 Å². The number of thiophene rings is 2. The largest absolute Gasteiger partial charge is 0.334 e. The summed E-state index contributed by atoms with van der Waals surface area (Å²) < 4.78 is 0. The monoisotopic (exact) mass is 455 g/mol. The maximum atomic E-state index is 13.5. The first kappa shape index (κ1) is 23.0. The van der Waals surface area contributed by atoms with E-state index in [-0.39, 0.29) is 11.9 Å².